The van der Waals surface area contributed by atoms with Crippen LogP contribution < -0.4 is 15.4 Å². The van der Waals surface area contributed by atoms with Crippen LogP contribution in [-0.2, 0) is 11.3 Å². The molecule has 2 rings (SSSR count). The number of anilines is 2. The van der Waals surface area contributed by atoms with E-state index in [1.165, 1.54) is 0 Å². The van der Waals surface area contributed by atoms with Crippen molar-refractivity contribution in [2.45, 2.75) is 26.8 Å². The molecule has 0 aromatic heterocycles. The molecule has 0 aliphatic rings. The first-order valence-corrected chi connectivity index (χ1v) is 8.48. The number of carbonyl (C=O) groups is 2. The Morgan fingerprint density at radius 3 is 2.38 bits per heavy atom. The van der Waals surface area contributed by atoms with E-state index in [2.05, 4.69) is 10.6 Å². The summed E-state index contributed by atoms with van der Waals surface area (Å²) in [5, 5.41) is 5.69. The van der Waals surface area contributed by atoms with Gasteiger partial charge in [-0.3, -0.25) is 4.79 Å². The summed E-state index contributed by atoms with van der Waals surface area (Å²) >= 11 is 0. The third-order valence-corrected chi connectivity index (χ3v) is 4.01. The average molecular weight is 355 g/mol. The second kappa shape index (κ2) is 8.89. The van der Waals surface area contributed by atoms with Gasteiger partial charge >= 0.3 is 6.03 Å². The maximum Gasteiger partial charge on any atom is 0.321 e. The van der Waals surface area contributed by atoms with Gasteiger partial charge in [0.05, 0.1) is 7.11 Å². The molecule has 0 spiro atoms. The number of urea groups is 1. The maximum atomic E-state index is 12.5. The summed E-state index contributed by atoms with van der Waals surface area (Å²) in [5.74, 6) is 0.713. The second-order valence-electron chi connectivity index (χ2n) is 6.07. The molecule has 0 aliphatic heterocycles. The van der Waals surface area contributed by atoms with Gasteiger partial charge in [-0.15, -0.1) is 0 Å². The van der Waals surface area contributed by atoms with Crippen LogP contribution in [0.4, 0.5) is 16.2 Å². The van der Waals surface area contributed by atoms with Crippen LogP contribution in [0.25, 0.3) is 0 Å². The van der Waals surface area contributed by atoms with Gasteiger partial charge in [-0.1, -0.05) is 25.1 Å². The summed E-state index contributed by atoms with van der Waals surface area (Å²) in [7, 11) is 3.35. The maximum absolute atomic E-state index is 12.5. The van der Waals surface area contributed by atoms with Crippen LogP contribution in [0.5, 0.6) is 5.75 Å². The van der Waals surface area contributed by atoms with E-state index in [-0.39, 0.29) is 11.9 Å². The van der Waals surface area contributed by atoms with Gasteiger partial charge in [0.15, 0.2) is 0 Å². The second-order valence-corrected chi connectivity index (χ2v) is 6.07. The van der Waals surface area contributed by atoms with Crippen molar-refractivity contribution < 1.29 is 14.3 Å². The lowest BCUT2D eigenvalue weighted by atomic mass is 10.1. The third-order valence-electron chi connectivity index (χ3n) is 4.01. The number of ether oxygens (including phenoxy) is 1. The summed E-state index contributed by atoms with van der Waals surface area (Å²) < 4.78 is 5.14. The summed E-state index contributed by atoms with van der Waals surface area (Å²) in [6.07, 6.45) is 0.403. The molecular weight excluding hydrogens is 330 g/mol. The quantitative estimate of drug-likeness (QED) is 0.822. The van der Waals surface area contributed by atoms with E-state index in [1.807, 2.05) is 43.3 Å². The van der Waals surface area contributed by atoms with E-state index in [0.717, 1.165) is 16.9 Å². The van der Waals surface area contributed by atoms with Crippen LogP contribution in [0, 0.1) is 6.92 Å². The molecule has 26 heavy (non-hydrogen) atoms. The highest BCUT2D eigenvalue weighted by molar-refractivity contribution is 5.94. The molecule has 138 valence electrons. The molecule has 6 heteroatoms. The Hall–Kier alpha value is -3.02. The molecule has 0 saturated heterocycles. The molecule has 0 radical (unpaired) electrons. The van der Waals surface area contributed by atoms with Crippen molar-refractivity contribution in [1.29, 1.82) is 0 Å². The summed E-state index contributed by atoms with van der Waals surface area (Å²) in [6.45, 7) is 4.17. The molecule has 2 N–H and O–H groups in total. The van der Waals surface area contributed by atoms with Crippen molar-refractivity contribution in [3.8, 4) is 5.75 Å². The first kappa shape index (κ1) is 19.3. The smallest absolute Gasteiger partial charge is 0.321 e. The van der Waals surface area contributed by atoms with Crippen molar-refractivity contribution in [3.63, 3.8) is 0 Å². The van der Waals surface area contributed by atoms with E-state index in [1.54, 1.807) is 32.0 Å². The number of benzene rings is 2. The highest BCUT2D eigenvalue weighted by Gasteiger charge is 2.12. The Balaban J connectivity index is 2.03. The monoisotopic (exact) mass is 355 g/mol. The van der Waals surface area contributed by atoms with Crippen molar-refractivity contribution in [2.24, 2.45) is 0 Å². The lowest BCUT2D eigenvalue weighted by Gasteiger charge is -2.19. The molecule has 0 atom stereocenters. The van der Waals surface area contributed by atoms with Gasteiger partial charge in [-0.2, -0.15) is 0 Å². The highest BCUT2D eigenvalue weighted by Crippen LogP contribution is 2.21. The normalized spacial score (nSPS) is 10.2. The molecule has 6 nitrogen and oxygen atoms in total. The number of hydrogen-bond acceptors (Lipinski definition) is 3. The molecule has 0 heterocycles. The van der Waals surface area contributed by atoms with Crippen LogP contribution in [0.2, 0.25) is 0 Å². The Bertz CT molecular complexity index is 772. The Kier molecular flexibility index (Phi) is 6.60. The molecule has 0 bridgehead atoms. The minimum Gasteiger partial charge on any atom is -0.497 e. The first-order chi connectivity index (χ1) is 12.4. The molecule has 2 aromatic carbocycles. The zero-order valence-electron chi connectivity index (χ0n) is 15.6. The SMILES string of the molecule is CCC(=O)Nc1ccc(C)c(NC(=O)N(C)Cc2ccc(OC)cc2)c1. The van der Waals surface area contributed by atoms with Gasteiger partial charge < -0.3 is 20.3 Å². The molecule has 0 fully saturated rings. The molecule has 2 aromatic rings. The number of amides is 3. The summed E-state index contributed by atoms with van der Waals surface area (Å²) in [5.41, 5.74) is 3.26. The average Bonchev–Trinajstić information content (AvgIpc) is 2.64. The Labute approximate surface area is 154 Å². The highest BCUT2D eigenvalue weighted by atomic mass is 16.5. The third kappa shape index (κ3) is 5.24. The van der Waals surface area contributed by atoms with Gasteiger partial charge in [0.1, 0.15) is 5.75 Å². The van der Waals surface area contributed by atoms with Crippen LogP contribution in [0.1, 0.15) is 24.5 Å². The Morgan fingerprint density at radius 2 is 1.77 bits per heavy atom. The largest absolute Gasteiger partial charge is 0.497 e. The van der Waals surface area contributed by atoms with Crippen molar-refractivity contribution >= 4 is 23.3 Å². The fraction of sp³-hybridized carbons (Fsp3) is 0.300. The van der Waals surface area contributed by atoms with E-state index < -0.39 is 0 Å². The predicted octanol–water partition coefficient (Wildman–Crippen LogP) is 4.02. The molecule has 3 amide bonds. The van der Waals surface area contributed by atoms with E-state index in [0.29, 0.717) is 24.3 Å². The van der Waals surface area contributed by atoms with Crippen LogP contribution in [0.3, 0.4) is 0 Å². The van der Waals surface area contributed by atoms with Gasteiger partial charge in [0.2, 0.25) is 5.91 Å². The first-order valence-electron chi connectivity index (χ1n) is 8.48. The van der Waals surface area contributed by atoms with E-state index >= 15 is 0 Å². The lowest BCUT2D eigenvalue weighted by molar-refractivity contribution is -0.115. The fourth-order valence-corrected chi connectivity index (χ4v) is 2.37. The van der Waals surface area contributed by atoms with Crippen molar-refractivity contribution in [3.05, 3.63) is 53.6 Å². The fourth-order valence-electron chi connectivity index (χ4n) is 2.37. The minimum atomic E-state index is -0.220. The zero-order valence-corrected chi connectivity index (χ0v) is 15.6. The van der Waals surface area contributed by atoms with Crippen LogP contribution in [0.15, 0.2) is 42.5 Å². The predicted molar refractivity (Wildman–Crippen MR) is 104 cm³/mol. The molecule has 0 aliphatic carbocycles. The number of carbonyl (C=O) groups excluding carboxylic acids is 2. The topological polar surface area (TPSA) is 70.7 Å². The zero-order chi connectivity index (χ0) is 19.1. The summed E-state index contributed by atoms with van der Waals surface area (Å²) in [4.78, 5) is 25.6. The lowest BCUT2D eigenvalue weighted by Crippen LogP contribution is -2.31. The van der Waals surface area contributed by atoms with E-state index in [4.69, 9.17) is 4.74 Å². The number of hydrogen-bond donors (Lipinski definition) is 2. The number of rotatable bonds is 6. The Morgan fingerprint density at radius 1 is 1.08 bits per heavy atom. The van der Waals surface area contributed by atoms with Gasteiger partial charge in [0.25, 0.3) is 0 Å². The van der Waals surface area contributed by atoms with Crippen LogP contribution in [-0.4, -0.2) is 31.0 Å². The standard InChI is InChI=1S/C20H25N3O3/c1-5-19(24)21-16-9-6-14(2)18(12-16)22-20(25)23(3)13-15-7-10-17(26-4)11-8-15/h6-12H,5,13H2,1-4H3,(H,21,24)(H,22,25). The summed E-state index contributed by atoms with van der Waals surface area (Å²) in [6, 6.07) is 12.8. The van der Waals surface area contributed by atoms with Gasteiger partial charge in [-0.05, 0) is 42.3 Å². The van der Waals surface area contributed by atoms with Gasteiger partial charge in [0, 0.05) is 31.4 Å². The van der Waals surface area contributed by atoms with Gasteiger partial charge in [-0.25, -0.2) is 4.79 Å². The number of aryl methyl sites for hydroxylation is 1. The molecule has 0 saturated carbocycles. The molecule has 0 unspecified atom stereocenters. The van der Waals surface area contributed by atoms with Crippen LogP contribution >= 0.6 is 0 Å². The molecular formula is C20H25N3O3. The van der Waals surface area contributed by atoms with E-state index in [9.17, 15) is 9.59 Å². The van der Waals surface area contributed by atoms with Crippen molar-refractivity contribution in [2.75, 3.05) is 24.8 Å². The number of methoxy groups -OCH3 is 1. The van der Waals surface area contributed by atoms with Crippen molar-refractivity contribution in [1.82, 2.24) is 4.90 Å². The number of nitrogens with one attached hydrogen (secondary N) is 2. The number of nitrogens with zero attached hydrogens (tertiary/aromatic N) is 1. The minimum absolute atomic E-state index is 0.0669.